The molecule has 2 fully saturated rings. The van der Waals surface area contributed by atoms with Gasteiger partial charge in [-0.15, -0.1) is 0 Å². The van der Waals surface area contributed by atoms with Crippen LogP contribution in [0.5, 0.6) is 5.75 Å². The zero-order chi connectivity index (χ0) is 30.4. The summed E-state index contributed by atoms with van der Waals surface area (Å²) in [5, 5.41) is 8.13. The fraction of sp³-hybridized carbons (Fsp3) is 0.414. The van der Waals surface area contributed by atoms with Gasteiger partial charge in [0, 0.05) is 19.5 Å². The van der Waals surface area contributed by atoms with Crippen LogP contribution in [0.2, 0.25) is 5.02 Å². The van der Waals surface area contributed by atoms with Gasteiger partial charge < -0.3 is 35.1 Å². The second-order valence-electron chi connectivity index (χ2n) is 10.1. The van der Waals surface area contributed by atoms with Gasteiger partial charge in [0.15, 0.2) is 0 Å². The summed E-state index contributed by atoms with van der Waals surface area (Å²) >= 11 is 6.23. The van der Waals surface area contributed by atoms with Crippen LogP contribution in [0.15, 0.2) is 42.5 Å². The molecular formula is C29H33ClN4O8. The van der Waals surface area contributed by atoms with Gasteiger partial charge in [0.05, 0.1) is 36.4 Å². The number of esters is 1. The molecule has 2 aliphatic rings. The van der Waals surface area contributed by atoms with E-state index in [2.05, 4.69) is 16.0 Å². The lowest BCUT2D eigenvalue weighted by Crippen LogP contribution is -2.54. The number of likely N-dealkylation sites (tertiary alicyclic amines) is 1. The predicted molar refractivity (Wildman–Crippen MR) is 152 cm³/mol. The van der Waals surface area contributed by atoms with E-state index in [0.29, 0.717) is 19.4 Å². The first kappa shape index (κ1) is 30.8. The molecule has 4 amide bonds. The fourth-order valence-corrected chi connectivity index (χ4v) is 5.12. The second-order valence-corrected chi connectivity index (χ2v) is 10.5. The van der Waals surface area contributed by atoms with Crippen LogP contribution in [0.4, 0.5) is 5.69 Å². The average molecular weight is 601 g/mol. The molecule has 224 valence electrons. The van der Waals surface area contributed by atoms with Crippen LogP contribution in [-0.4, -0.2) is 72.6 Å². The molecule has 4 rings (SSSR count). The molecule has 2 heterocycles. The third kappa shape index (κ3) is 7.37. The van der Waals surface area contributed by atoms with Gasteiger partial charge in [-0.25, -0.2) is 0 Å². The quantitative estimate of drug-likeness (QED) is 0.352. The fourth-order valence-electron chi connectivity index (χ4n) is 4.91. The van der Waals surface area contributed by atoms with Crippen molar-refractivity contribution < 1.29 is 38.2 Å². The van der Waals surface area contributed by atoms with E-state index in [-0.39, 0.29) is 41.0 Å². The number of carbonyl (C=O) groups excluding carboxylic acids is 5. The summed E-state index contributed by atoms with van der Waals surface area (Å²) in [6.45, 7) is 3.36. The van der Waals surface area contributed by atoms with E-state index in [0.717, 1.165) is 5.56 Å². The summed E-state index contributed by atoms with van der Waals surface area (Å²) in [5.74, 6) is -2.19. The lowest BCUT2D eigenvalue weighted by Gasteiger charge is -2.28. The molecular weight excluding hydrogens is 568 g/mol. The molecule has 0 aromatic heterocycles. The maximum Gasteiger partial charge on any atom is 0.310 e. The number of rotatable bonds is 10. The third-order valence-corrected chi connectivity index (χ3v) is 7.26. The number of anilines is 1. The van der Waals surface area contributed by atoms with Crippen LogP contribution in [0.3, 0.4) is 0 Å². The van der Waals surface area contributed by atoms with Crippen molar-refractivity contribution in [2.45, 2.75) is 64.1 Å². The SMILES string of the molecule is COc1cc(NC(C)=O)c(Cl)cc1C(=O)NC(C)C(=O)N1CCCC1C(=O)NC1CC(=O)OC1OCc1ccccc1. The third-order valence-electron chi connectivity index (χ3n) is 6.95. The van der Waals surface area contributed by atoms with E-state index in [1.165, 1.54) is 38.0 Å². The van der Waals surface area contributed by atoms with Crippen molar-refractivity contribution >= 4 is 46.9 Å². The van der Waals surface area contributed by atoms with Crippen molar-refractivity contribution in [3.63, 3.8) is 0 Å². The number of hydrogen-bond donors (Lipinski definition) is 3. The van der Waals surface area contributed by atoms with Gasteiger partial charge >= 0.3 is 5.97 Å². The van der Waals surface area contributed by atoms with Crippen molar-refractivity contribution in [3.8, 4) is 5.75 Å². The van der Waals surface area contributed by atoms with Crippen LogP contribution in [0, 0.1) is 0 Å². The highest BCUT2D eigenvalue weighted by atomic mass is 35.5. The monoisotopic (exact) mass is 600 g/mol. The molecule has 4 atom stereocenters. The van der Waals surface area contributed by atoms with E-state index >= 15 is 0 Å². The zero-order valence-electron chi connectivity index (χ0n) is 23.5. The Labute approximate surface area is 248 Å². The molecule has 42 heavy (non-hydrogen) atoms. The number of nitrogens with zero attached hydrogens (tertiary/aromatic N) is 1. The first-order valence-corrected chi connectivity index (χ1v) is 13.9. The summed E-state index contributed by atoms with van der Waals surface area (Å²) in [5.41, 5.74) is 1.23. The smallest absolute Gasteiger partial charge is 0.310 e. The molecule has 3 N–H and O–H groups in total. The highest BCUT2D eigenvalue weighted by Crippen LogP contribution is 2.31. The number of halogens is 1. The molecule has 2 saturated heterocycles. The number of methoxy groups -OCH3 is 1. The van der Waals surface area contributed by atoms with Gasteiger partial charge in [-0.2, -0.15) is 0 Å². The first-order chi connectivity index (χ1) is 20.1. The summed E-state index contributed by atoms with van der Waals surface area (Å²) in [6, 6.07) is 9.63. The Morgan fingerprint density at radius 2 is 1.90 bits per heavy atom. The van der Waals surface area contributed by atoms with Crippen LogP contribution < -0.4 is 20.7 Å². The van der Waals surface area contributed by atoms with Gasteiger partial charge in [-0.1, -0.05) is 41.9 Å². The number of benzene rings is 2. The standard InChI is InChI=1S/C29H33ClN4O8/c1-16(31-26(37)19-12-20(30)21(32-17(2)35)13-24(19)40-3)28(39)34-11-7-10-23(34)27(38)33-22-14-25(36)42-29(22)41-15-18-8-5-4-6-9-18/h4-6,8-9,12-13,16,22-23,29H,7,10-11,14-15H2,1-3H3,(H,31,37)(H,32,35)(H,33,38). The number of ether oxygens (including phenoxy) is 3. The minimum Gasteiger partial charge on any atom is -0.496 e. The minimum absolute atomic E-state index is 0.0521. The van der Waals surface area contributed by atoms with Crippen molar-refractivity contribution in [3.05, 3.63) is 58.6 Å². The Morgan fingerprint density at radius 1 is 1.17 bits per heavy atom. The minimum atomic E-state index is -0.984. The molecule has 2 aromatic rings. The predicted octanol–water partition coefficient (Wildman–Crippen LogP) is 2.39. The molecule has 4 unspecified atom stereocenters. The summed E-state index contributed by atoms with van der Waals surface area (Å²) < 4.78 is 16.3. The molecule has 13 heteroatoms. The highest BCUT2D eigenvalue weighted by molar-refractivity contribution is 6.34. The van der Waals surface area contributed by atoms with E-state index in [9.17, 15) is 24.0 Å². The maximum absolute atomic E-state index is 13.4. The van der Waals surface area contributed by atoms with Gasteiger partial charge in [0.2, 0.25) is 24.0 Å². The van der Waals surface area contributed by atoms with Crippen LogP contribution >= 0.6 is 11.6 Å². The van der Waals surface area contributed by atoms with Crippen LogP contribution in [-0.2, 0) is 35.3 Å². The number of hydrogen-bond acceptors (Lipinski definition) is 8. The van der Waals surface area contributed by atoms with Crippen molar-refractivity contribution in [1.82, 2.24) is 15.5 Å². The lowest BCUT2D eigenvalue weighted by atomic mass is 10.1. The van der Waals surface area contributed by atoms with Gasteiger partial charge in [-0.05, 0) is 31.4 Å². The summed E-state index contributed by atoms with van der Waals surface area (Å²) in [7, 11) is 1.36. The number of cyclic esters (lactones) is 1. The maximum atomic E-state index is 13.4. The van der Waals surface area contributed by atoms with Crippen molar-refractivity contribution in [1.29, 1.82) is 0 Å². The van der Waals surface area contributed by atoms with E-state index in [1.807, 2.05) is 30.3 Å². The molecule has 0 bridgehead atoms. The topological polar surface area (TPSA) is 152 Å². The normalized spacial score (nSPS) is 20.4. The average Bonchev–Trinajstić information content (AvgIpc) is 3.59. The van der Waals surface area contributed by atoms with Crippen LogP contribution in [0.1, 0.15) is 49.0 Å². The first-order valence-electron chi connectivity index (χ1n) is 13.5. The molecule has 2 aliphatic heterocycles. The Hall–Kier alpha value is -4.16. The molecule has 0 aliphatic carbocycles. The van der Waals surface area contributed by atoms with Crippen molar-refractivity contribution in [2.24, 2.45) is 0 Å². The largest absolute Gasteiger partial charge is 0.496 e. The summed E-state index contributed by atoms with van der Waals surface area (Å²) in [6.07, 6.45) is 0.00331. The Bertz CT molecular complexity index is 1350. The number of nitrogens with one attached hydrogen (secondary N) is 3. The number of carbonyl (C=O) groups is 5. The van der Waals surface area contributed by atoms with Crippen LogP contribution in [0.25, 0.3) is 0 Å². The van der Waals surface area contributed by atoms with Gasteiger partial charge in [0.1, 0.15) is 23.9 Å². The van der Waals surface area contributed by atoms with Crippen molar-refractivity contribution in [2.75, 3.05) is 19.0 Å². The Kier molecular flexibility index (Phi) is 10.0. The molecule has 0 saturated carbocycles. The molecule has 0 radical (unpaired) electrons. The Balaban J connectivity index is 1.38. The zero-order valence-corrected chi connectivity index (χ0v) is 24.2. The molecule has 2 aromatic carbocycles. The van der Waals surface area contributed by atoms with E-state index in [1.54, 1.807) is 0 Å². The second kappa shape index (κ2) is 13.7. The van der Waals surface area contributed by atoms with E-state index in [4.69, 9.17) is 25.8 Å². The highest BCUT2D eigenvalue weighted by Gasteiger charge is 2.41. The molecule has 0 spiro atoms. The van der Waals surface area contributed by atoms with E-state index < -0.39 is 48.1 Å². The van der Waals surface area contributed by atoms with Gasteiger partial charge in [-0.3, -0.25) is 24.0 Å². The summed E-state index contributed by atoms with van der Waals surface area (Å²) in [4.78, 5) is 64.5. The van der Waals surface area contributed by atoms with Gasteiger partial charge in [0.25, 0.3) is 5.91 Å². The number of amides is 4. The Morgan fingerprint density at radius 3 is 2.60 bits per heavy atom. The molecule has 12 nitrogen and oxygen atoms in total. The lowest BCUT2D eigenvalue weighted by molar-refractivity contribution is -0.168.